The lowest BCUT2D eigenvalue weighted by Crippen LogP contribution is -2.36. The summed E-state index contributed by atoms with van der Waals surface area (Å²) in [6, 6.07) is 11.8. The molecule has 7 heteroatoms. The van der Waals surface area contributed by atoms with Crippen LogP contribution < -0.4 is 4.90 Å². The largest absolute Gasteiger partial charge is 0.378 e. The van der Waals surface area contributed by atoms with E-state index in [1.54, 1.807) is 0 Å². The summed E-state index contributed by atoms with van der Waals surface area (Å²) in [5, 5.41) is 6.11. The summed E-state index contributed by atoms with van der Waals surface area (Å²) >= 11 is 0. The van der Waals surface area contributed by atoms with Crippen molar-refractivity contribution in [2.75, 3.05) is 37.8 Å². The second-order valence-corrected chi connectivity index (χ2v) is 14.8. The monoisotopic (exact) mass is 424 g/mol. The predicted molar refractivity (Wildman–Crippen MR) is 125 cm³/mol. The molecule has 0 unspecified atom stereocenters. The Morgan fingerprint density at radius 1 is 1.10 bits per heavy atom. The molecule has 2 aromatic heterocycles. The van der Waals surface area contributed by atoms with Crippen LogP contribution in [0, 0.1) is 6.92 Å². The molecule has 0 spiro atoms. The lowest BCUT2D eigenvalue weighted by molar-refractivity contribution is 0.0818. The zero-order valence-corrected chi connectivity index (χ0v) is 19.5. The molecule has 6 nitrogen and oxygen atoms in total. The fourth-order valence-electron chi connectivity index (χ4n) is 3.67. The first-order chi connectivity index (χ1) is 14.4. The number of aryl methyl sites for hydroxylation is 1. The van der Waals surface area contributed by atoms with Crippen molar-refractivity contribution in [1.82, 2.24) is 14.8 Å². The molecule has 0 radical (unpaired) electrons. The second-order valence-electron chi connectivity index (χ2n) is 9.22. The van der Waals surface area contributed by atoms with Crippen LogP contribution in [0.25, 0.3) is 22.2 Å². The molecule has 3 aromatic rings. The summed E-state index contributed by atoms with van der Waals surface area (Å²) in [5.74, 6) is 0.984. The van der Waals surface area contributed by atoms with Crippen molar-refractivity contribution in [1.29, 1.82) is 0 Å². The van der Waals surface area contributed by atoms with Gasteiger partial charge in [-0.1, -0.05) is 31.3 Å². The van der Waals surface area contributed by atoms with Gasteiger partial charge in [0.25, 0.3) is 0 Å². The third-order valence-corrected chi connectivity index (χ3v) is 7.17. The molecule has 0 amide bonds. The van der Waals surface area contributed by atoms with E-state index in [9.17, 15) is 0 Å². The highest BCUT2D eigenvalue weighted by Gasteiger charge is 2.17. The summed E-state index contributed by atoms with van der Waals surface area (Å²) in [7, 11) is -1.10. The van der Waals surface area contributed by atoms with Gasteiger partial charge in [0.1, 0.15) is 18.2 Å². The molecule has 0 aliphatic carbocycles. The van der Waals surface area contributed by atoms with E-state index in [1.165, 1.54) is 5.56 Å². The number of anilines is 1. The number of rotatable bonds is 7. The average molecular weight is 425 g/mol. The summed E-state index contributed by atoms with van der Waals surface area (Å²) in [5.41, 5.74) is 4.40. The Balaban J connectivity index is 1.63. The molecule has 1 aliphatic rings. The van der Waals surface area contributed by atoms with E-state index in [2.05, 4.69) is 60.7 Å². The molecule has 1 fully saturated rings. The van der Waals surface area contributed by atoms with Crippen LogP contribution >= 0.6 is 0 Å². The molecule has 1 aromatic carbocycles. The molecule has 0 saturated carbocycles. The van der Waals surface area contributed by atoms with Crippen LogP contribution in [0.2, 0.25) is 25.7 Å². The molecule has 3 heterocycles. The first-order valence-electron chi connectivity index (χ1n) is 10.7. The number of hydrogen-bond acceptors (Lipinski definition) is 5. The lowest BCUT2D eigenvalue weighted by atomic mass is 10.1. The molecule has 30 heavy (non-hydrogen) atoms. The van der Waals surface area contributed by atoms with Gasteiger partial charge in [0.2, 0.25) is 0 Å². The molecule has 160 valence electrons. The number of hydrogen-bond donors (Lipinski definition) is 0. The van der Waals surface area contributed by atoms with Crippen LogP contribution in [0.4, 0.5) is 5.82 Å². The fraction of sp³-hybridized carbons (Fsp3) is 0.478. The van der Waals surface area contributed by atoms with Gasteiger partial charge in [-0.05, 0) is 37.2 Å². The van der Waals surface area contributed by atoms with Crippen molar-refractivity contribution in [2.45, 2.75) is 39.3 Å². The van der Waals surface area contributed by atoms with Gasteiger partial charge in [-0.15, -0.1) is 0 Å². The zero-order valence-electron chi connectivity index (χ0n) is 18.5. The molecule has 4 rings (SSSR count). The summed E-state index contributed by atoms with van der Waals surface area (Å²) < 4.78 is 13.5. The Morgan fingerprint density at radius 2 is 1.90 bits per heavy atom. The van der Waals surface area contributed by atoms with Crippen molar-refractivity contribution >= 4 is 24.8 Å². The normalized spacial score (nSPS) is 15.1. The van der Waals surface area contributed by atoms with Gasteiger partial charge in [0.05, 0.1) is 18.7 Å². The Bertz CT molecular complexity index is 1010. The number of nitrogens with zero attached hydrogens (tertiary/aromatic N) is 4. The number of morpholine rings is 1. The quantitative estimate of drug-likeness (QED) is 0.411. The molecule has 0 N–H and O–H groups in total. The second kappa shape index (κ2) is 8.87. The van der Waals surface area contributed by atoms with Crippen LogP contribution in [0.3, 0.4) is 0 Å². The van der Waals surface area contributed by atoms with E-state index >= 15 is 0 Å². The van der Waals surface area contributed by atoms with E-state index in [0.29, 0.717) is 6.73 Å². The minimum absolute atomic E-state index is 0.478. The smallest absolute Gasteiger partial charge is 0.140 e. The van der Waals surface area contributed by atoms with Crippen LogP contribution in [-0.2, 0) is 16.2 Å². The van der Waals surface area contributed by atoms with Crippen LogP contribution in [0.1, 0.15) is 5.56 Å². The zero-order chi connectivity index (χ0) is 21.1. The molecular weight excluding hydrogens is 392 g/mol. The maximum atomic E-state index is 6.00. The van der Waals surface area contributed by atoms with Crippen molar-refractivity contribution in [2.24, 2.45) is 0 Å². The highest BCUT2D eigenvalue weighted by Crippen LogP contribution is 2.30. The van der Waals surface area contributed by atoms with Gasteiger partial charge in [0, 0.05) is 44.9 Å². The van der Waals surface area contributed by atoms with Crippen LogP contribution in [-0.4, -0.2) is 55.7 Å². The predicted octanol–water partition coefficient (Wildman–Crippen LogP) is 4.56. The van der Waals surface area contributed by atoms with Crippen molar-refractivity contribution in [3.8, 4) is 11.3 Å². The Labute approximate surface area is 179 Å². The van der Waals surface area contributed by atoms with Gasteiger partial charge < -0.3 is 14.4 Å². The SMILES string of the molecule is Cc1ccc2c(c1)c(-c1ccnc(N3CCOCC3)c1)nn2COCC[Si](C)(C)C. The summed E-state index contributed by atoms with van der Waals surface area (Å²) in [6.45, 7) is 13.7. The number of fused-ring (bicyclic) bond motifs is 1. The minimum atomic E-state index is -1.10. The average Bonchev–Trinajstić information content (AvgIpc) is 3.09. The van der Waals surface area contributed by atoms with E-state index in [0.717, 1.165) is 66.9 Å². The highest BCUT2D eigenvalue weighted by molar-refractivity contribution is 6.76. The van der Waals surface area contributed by atoms with Gasteiger partial charge in [-0.2, -0.15) is 5.10 Å². The summed E-state index contributed by atoms with van der Waals surface area (Å²) in [4.78, 5) is 6.87. The number of pyridine rings is 1. The van der Waals surface area contributed by atoms with Gasteiger partial charge >= 0.3 is 0 Å². The molecule has 1 saturated heterocycles. The Hall–Kier alpha value is -2.22. The van der Waals surface area contributed by atoms with Gasteiger partial charge in [-0.25, -0.2) is 9.67 Å². The van der Waals surface area contributed by atoms with Crippen molar-refractivity contribution in [3.63, 3.8) is 0 Å². The lowest BCUT2D eigenvalue weighted by Gasteiger charge is -2.27. The third-order valence-electron chi connectivity index (χ3n) is 5.47. The molecule has 0 atom stereocenters. The summed E-state index contributed by atoms with van der Waals surface area (Å²) in [6.07, 6.45) is 1.88. The third kappa shape index (κ3) is 4.91. The van der Waals surface area contributed by atoms with Gasteiger partial charge in [-0.3, -0.25) is 0 Å². The van der Waals surface area contributed by atoms with Crippen LogP contribution in [0.15, 0.2) is 36.5 Å². The van der Waals surface area contributed by atoms with E-state index in [-0.39, 0.29) is 0 Å². The maximum Gasteiger partial charge on any atom is 0.140 e. The molecular formula is C23H32N4O2Si. The molecule has 1 aliphatic heterocycles. The van der Waals surface area contributed by atoms with Crippen molar-refractivity contribution in [3.05, 3.63) is 42.1 Å². The number of benzene rings is 1. The standard InChI is InChI=1S/C23H32N4O2Si/c1-18-5-6-21-20(15-18)23(25-27(21)17-29-13-14-30(2,3)4)19-7-8-24-22(16-19)26-9-11-28-12-10-26/h5-8,15-16H,9-14,17H2,1-4H3. The Morgan fingerprint density at radius 3 is 2.67 bits per heavy atom. The van der Waals surface area contributed by atoms with Crippen LogP contribution in [0.5, 0.6) is 0 Å². The Kier molecular flexibility index (Phi) is 6.22. The topological polar surface area (TPSA) is 52.4 Å². The number of aromatic nitrogens is 3. The van der Waals surface area contributed by atoms with Crippen molar-refractivity contribution < 1.29 is 9.47 Å². The highest BCUT2D eigenvalue weighted by atomic mass is 28.3. The number of ether oxygens (including phenoxy) is 2. The minimum Gasteiger partial charge on any atom is -0.378 e. The van der Waals surface area contributed by atoms with Gasteiger partial charge in [0.15, 0.2) is 0 Å². The molecule has 0 bridgehead atoms. The first-order valence-corrected chi connectivity index (χ1v) is 14.5. The first kappa shape index (κ1) is 21.0. The van der Waals surface area contributed by atoms with E-state index in [1.807, 2.05) is 16.9 Å². The van der Waals surface area contributed by atoms with E-state index < -0.39 is 8.07 Å². The maximum absolute atomic E-state index is 6.00. The van der Waals surface area contributed by atoms with E-state index in [4.69, 9.17) is 14.6 Å². The fourth-order valence-corrected chi connectivity index (χ4v) is 4.42.